The van der Waals surface area contributed by atoms with Crippen molar-refractivity contribution < 1.29 is 9.53 Å². The molecular weight excluding hydrogens is 142 g/mol. The van der Waals surface area contributed by atoms with Crippen LogP contribution in [0.15, 0.2) is 0 Å². The normalized spacial score (nSPS) is 7.91. The zero-order valence-corrected chi connectivity index (χ0v) is 7.72. The van der Waals surface area contributed by atoms with Gasteiger partial charge in [0.05, 0.1) is 0 Å². The minimum absolute atomic E-state index is 0.681. The van der Waals surface area contributed by atoms with Gasteiger partial charge in [0.15, 0.2) is 0 Å². The van der Waals surface area contributed by atoms with Crippen LogP contribution >= 0.6 is 0 Å². The monoisotopic (exact) mass is 161 g/mol. The van der Waals surface area contributed by atoms with E-state index in [-0.39, 0.29) is 0 Å². The summed E-state index contributed by atoms with van der Waals surface area (Å²) in [6.45, 7) is 8.48. The molecule has 0 saturated heterocycles. The van der Waals surface area contributed by atoms with Crippen LogP contribution in [-0.2, 0) is 9.53 Å². The van der Waals surface area contributed by atoms with Crippen molar-refractivity contribution in [1.29, 1.82) is 0 Å². The molecule has 0 fully saturated rings. The van der Waals surface area contributed by atoms with Gasteiger partial charge >= 0.3 is 0 Å². The molecule has 3 heteroatoms. The first kappa shape index (κ1) is 13.1. The Morgan fingerprint density at radius 1 is 1.36 bits per heavy atom. The molecule has 0 saturated carbocycles. The lowest BCUT2D eigenvalue weighted by Gasteiger charge is -1.91. The number of hydrogen-bond donors (Lipinski definition) is 1. The highest BCUT2D eigenvalue weighted by atomic mass is 16.5. The van der Waals surface area contributed by atoms with Gasteiger partial charge in [0, 0.05) is 19.8 Å². The highest BCUT2D eigenvalue weighted by Gasteiger charge is 1.72. The van der Waals surface area contributed by atoms with Crippen LogP contribution in [0.3, 0.4) is 0 Å². The number of carbonyl (C=O) groups is 1. The van der Waals surface area contributed by atoms with E-state index in [1.54, 1.807) is 0 Å². The van der Waals surface area contributed by atoms with Crippen molar-refractivity contribution in [3.8, 4) is 0 Å². The molecule has 0 aromatic rings. The third-order valence-corrected chi connectivity index (χ3v) is 0.840. The first-order valence-electron chi connectivity index (χ1n) is 4.08. The largest absolute Gasteiger partial charge is 0.382 e. The van der Waals surface area contributed by atoms with E-state index in [0.29, 0.717) is 6.41 Å². The summed E-state index contributed by atoms with van der Waals surface area (Å²) in [5.41, 5.74) is 0. The molecule has 1 N–H and O–H groups in total. The summed E-state index contributed by atoms with van der Waals surface area (Å²) in [5.74, 6) is 0. The fraction of sp³-hybridized carbons (Fsp3) is 0.875. The molecule has 0 aromatic heterocycles. The van der Waals surface area contributed by atoms with Crippen LogP contribution in [0.5, 0.6) is 0 Å². The molecule has 1 amide bonds. The first-order chi connectivity index (χ1) is 5.33. The van der Waals surface area contributed by atoms with Crippen LogP contribution in [0.25, 0.3) is 0 Å². The molecule has 0 bridgehead atoms. The summed E-state index contributed by atoms with van der Waals surface area (Å²) in [5, 5.41) is 2.43. The van der Waals surface area contributed by atoms with E-state index in [4.69, 9.17) is 4.74 Å². The second-order valence-corrected chi connectivity index (χ2v) is 1.87. The van der Waals surface area contributed by atoms with Crippen LogP contribution < -0.4 is 5.32 Å². The van der Waals surface area contributed by atoms with Crippen LogP contribution in [0.1, 0.15) is 27.2 Å². The van der Waals surface area contributed by atoms with Gasteiger partial charge in [0.1, 0.15) is 0 Å². The molecule has 0 aliphatic rings. The van der Waals surface area contributed by atoms with Gasteiger partial charge in [-0.2, -0.15) is 0 Å². The Hall–Kier alpha value is -0.570. The Labute approximate surface area is 69.1 Å². The van der Waals surface area contributed by atoms with Crippen LogP contribution in [0.4, 0.5) is 0 Å². The fourth-order valence-electron chi connectivity index (χ4n) is 0.372. The average Bonchev–Trinajstić information content (AvgIpc) is 2.04. The minimum Gasteiger partial charge on any atom is -0.382 e. The molecule has 0 spiro atoms. The summed E-state index contributed by atoms with van der Waals surface area (Å²) in [7, 11) is 0. The molecule has 0 aromatic carbocycles. The van der Waals surface area contributed by atoms with E-state index in [0.717, 1.165) is 26.2 Å². The molecular formula is C8H19NO2. The number of ether oxygens (including phenoxy) is 1. The lowest BCUT2D eigenvalue weighted by Crippen LogP contribution is -2.07. The van der Waals surface area contributed by atoms with Crippen molar-refractivity contribution in [1.82, 2.24) is 5.32 Å². The maximum atomic E-state index is 9.29. The van der Waals surface area contributed by atoms with E-state index in [1.807, 2.05) is 13.8 Å². The molecule has 0 aliphatic carbocycles. The standard InChI is InChI=1S/C5H12O.C3H7NO/c1-3-5-6-4-2;1-2-4-3-5/h3-5H2,1-2H3;3H,2H2,1H3,(H,4,5). The molecule has 0 rings (SSSR count). The number of carbonyl (C=O) groups excluding carboxylic acids is 1. The highest BCUT2D eigenvalue weighted by Crippen LogP contribution is 1.75. The van der Waals surface area contributed by atoms with Crippen LogP contribution in [0.2, 0.25) is 0 Å². The van der Waals surface area contributed by atoms with E-state index in [2.05, 4.69) is 12.2 Å². The lowest BCUT2D eigenvalue weighted by atomic mass is 10.5. The predicted molar refractivity (Wildman–Crippen MR) is 46.5 cm³/mol. The van der Waals surface area contributed by atoms with Gasteiger partial charge < -0.3 is 10.1 Å². The smallest absolute Gasteiger partial charge is 0.207 e. The lowest BCUT2D eigenvalue weighted by molar-refractivity contribution is -0.109. The van der Waals surface area contributed by atoms with Gasteiger partial charge in [-0.3, -0.25) is 4.79 Å². The Bertz CT molecular complexity index is 63.1. The number of nitrogens with one attached hydrogen (secondary N) is 1. The van der Waals surface area contributed by atoms with Gasteiger partial charge in [-0.05, 0) is 20.3 Å². The highest BCUT2D eigenvalue weighted by molar-refractivity contribution is 5.45. The van der Waals surface area contributed by atoms with Crippen molar-refractivity contribution in [2.45, 2.75) is 27.2 Å². The third kappa shape index (κ3) is 26.5. The van der Waals surface area contributed by atoms with Crippen molar-refractivity contribution >= 4 is 6.41 Å². The summed E-state index contributed by atoms with van der Waals surface area (Å²) in [4.78, 5) is 9.29. The van der Waals surface area contributed by atoms with Gasteiger partial charge in [-0.25, -0.2) is 0 Å². The van der Waals surface area contributed by atoms with Crippen LogP contribution in [-0.4, -0.2) is 26.2 Å². The maximum absolute atomic E-state index is 9.29. The Morgan fingerprint density at radius 3 is 2.09 bits per heavy atom. The second kappa shape index (κ2) is 16.2. The fourth-order valence-corrected chi connectivity index (χ4v) is 0.372. The summed E-state index contributed by atoms with van der Waals surface area (Å²) >= 11 is 0. The molecule has 3 nitrogen and oxygen atoms in total. The Morgan fingerprint density at radius 2 is 2.00 bits per heavy atom. The van der Waals surface area contributed by atoms with E-state index >= 15 is 0 Å². The van der Waals surface area contributed by atoms with E-state index in [1.165, 1.54) is 0 Å². The van der Waals surface area contributed by atoms with Gasteiger partial charge in [-0.1, -0.05) is 6.92 Å². The van der Waals surface area contributed by atoms with Gasteiger partial charge in [0.2, 0.25) is 6.41 Å². The SMILES string of the molecule is CCCOCC.CCNC=O. The topological polar surface area (TPSA) is 38.3 Å². The molecule has 11 heavy (non-hydrogen) atoms. The molecule has 0 heterocycles. The predicted octanol–water partition coefficient (Wildman–Crippen LogP) is 1.19. The van der Waals surface area contributed by atoms with Gasteiger partial charge in [0.25, 0.3) is 0 Å². The average molecular weight is 161 g/mol. The molecule has 68 valence electrons. The van der Waals surface area contributed by atoms with E-state index < -0.39 is 0 Å². The Balaban J connectivity index is 0. The number of rotatable bonds is 5. The van der Waals surface area contributed by atoms with Crippen molar-refractivity contribution in [2.24, 2.45) is 0 Å². The van der Waals surface area contributed by atoms with Crippen LogP contribution in [0, 0.1) is 0 Å². The maximum Gasteiger partial charge on any atom is 0.207 e. The Kier molecular flexibility index (Phi) is 19.2. The molecule has 0 radical (unpaired) electrons. The summed E-state index contributed by atoms with van der Waals surface area (Å²) in [6.07, 6.45) is 1.81. The summed E-state index contributed by atoms with van der Waals surface area (Å²) < 4.78 is 4.98. The molecule has 0 unspecified atom stereocenters. The summed E-state index contributed by atoms with van der Waals surface area (Å²) in [6, 6.07) is 0. The quantitative estimate of drug-likeness (QED) is 0.486. The van der Waals surface area contributed by atoms with Crippen molar-refractivity contribution in [3.63, 3.8) is 0 Å². The van der Waals surface area contributed by atoms with Gasteiger partial charge in [-0.15, -0.1) is 0 Å². The van der Waals surface area contributed by atoms with Crippen molar-refractivity contribution in [2.75, 3.05) is 19.8 Å². The zero-order valence-electron chi connectivity index (χ0n) is 7.72. The third-order valence-electron chi connectivity index (χ3n) is 0.840. The number of hydrogen-bond acceptors (Lipinski definition) is 2. The minimum atomic E-state index is 0.681. The molecule has 0 aliphatic heterocycles. The first-order valence-corrected chi connectivity index (χ1v) is 4.08. The number of amides is 1. The zero-order chi connectivity index (χ0) is 8.95. The molecule has 0 atom stereocenters. The van der Waals surface area contributed by atoms with E-state index in [9.17, 15) is 4.79 Å². The van der Waals surface area contributed by atoms with Crippen molar-refractivity contribution in [3.05, 3.63) is 0 Å². The second-order valence-electron chi connectivity index (χ2n) is 1.87.